The molecule has 2 aromatic carbocycles. The molecule has 29 heavy (non-hydrogen) atoms. The molecule has 0 saturated carbocycles. The number of aromatic nitrogens is 1. The third-order valence-electron chi connectivity index (χ3n) is 4.84. The van der Waals surface area contributed by atoms with Crippen LogP contribution < -0.4 is 10.2 Å². The van der Waals surface area contributed by atoms with E-state index in [0.717, 1.165) is 21.3 Å². The molecule has 1 aliphatic rings. The van der Waals surface area contributed by atoms with Gasteiger partial charge < -0.3 is 9.64 Å². The first kappa shape index (κ1) is 19.3. The number of rotatable bonds is 4. The van der Waals surface area contributed by atoms with E-state index in [-0.39, 0.29) is 11.3 Å². The Morgan fingerprint density at radius 1 is 1.24 bits per heavy atom. The number of thiazole rings is 1. The standard InChI is InChI=1S/C20H20N4O4S/c1-12-9-13(2)18-17(10-12)29-20(21-18)22-19(25)14-3-4-15(16(11-14)24(26)27)23-5-7-28-8-6-23/h3-4,9-11H,5-8H2,1-2H3,(H,21,22,25). The number of ether oxygens (including phenoxy) is 1. The fourth-order valence-corrected chi connectivity index (χ4v) is 4.51. The quantitative estimate of drug-likeness (QED) is 0.515. The predicted molar refractivity (Wildman–Crippen MR) is 113 cm³/mol. The van der Waals surface area contributed by atoms with E-state index in [2.05, 4.69) is 10.3 Å². The molecule has 8 nitrogen and oxygen atoms in total. The number of aryl methyl sites for hydroxylation is 2. The molecule has 150 valence electrons. The van der Waals surface area contributed by atoms with Crippen molar-refractivity contribution in [2.24, 2.45) is 0 Å². The van der Waals surface area contributed by atoms with Crippen molar-refractivity contribution in [3.8, 4) is 0 Å². The van der Waals surface area contributed by atoms with E-state index in [4.69, 9.17) is 4.74 Å². The summed E-state index contributed by atoms with van der Waals surface area (Å²) >= 11 is 1.39. The second kappa shape index (κ2) is 7.76. The molecule has 0 bridgehead atoms. The number of anilines is 2. The van der Waals surface area contributed by atoms with Gasteiger partial charge in [0.15, 0.2) is 5.13 Å². The number of carbonyl (C=O) groups excluding carboxylic acids is 1. The van der Waals surface area contributed by atoms with Crippen molar-refractivity contribution >= 4 is 44.0 Å². The van der Waals surface area contributed by atoms with Gasteiger partial charge in [0.2, 0.25) is 0 Å². The zero-order valence-corrected chi connectivity index (χ0v) is 16.9. The van der Waals surface area contributed by atoms with E-state index in [0.29, 0.717) is 37.1 Å². The Balaban J connectivity index is 1.61. The molecule has 1 fully saturated rings. The third-order valence-corrected chi connectivity index (χ3v) is 5.75. The summed E-state index contributed by atoms with van der Waals surface area (Å²) in [6.07, 6.45) is 0. The van der Waals surface area contributed by atoms with Gasteiger partial charge in [-0.2, -0.15) is 0 Å². The smallest absolute Gasteiger partial charge is 0.293 e. The Morgan fingerprint density at radius 2 is 2.00 bits per heavy atom. The molecule has 1 aromatic heterocycles. The number of nitrogens with one attached hydrogen (secondary N) is 1. The minimum absolute atomic E-state index is 0.0877. The van der Waals surface area contributed by atoms with E-state index >= 15 is 0 Å². The minimum Gasteiger partial charge on any atom is -0.378 e. The monoisotopic (exact) mass is 412 g/mol. The number of benzene rings is 2. The molecule has 3 aromatic rings. The van der Waals surface area contributed by atoms with Crippen molar-refractivity contribution in [2.75, 3.05) is 36.5 Å². The highest BCUT2D eigenvalue weighted by molar-refractivity contribution is 7.22. The Hall–Kier alpha value is -3.04. The summed E-state index contributed by atoms with van der Waals surface area (Å²) in [7, 11) is 0. The summed E-state index contributed by atoms with van der Waals surface area (Å²) in [5.41, 5.74) is 3.66. The van der Waals surface area contributed by atoms with Crippen LogP contribution in [0.5, 0.6) is 0 Å². The number of nitro benzene ring substituents is 1. The van der Waals surface area contributed by atoms with Crippen molar-refractivity contribution in [1.82, 2.24) is 4.98 Å². The van der Waals surface area contributed by atoms with Crippen LogP contribution in [0.15, 0.2) is 30.3 Å². The fourth-order valence-electron chi connectivity index (χ4n) is 3.48. The van der Waals surface area contributed by atoms with Crippen molar-refractivity contribution in [1.29, 1.82) is 0 Å². The highest BCUT2D eigenvalue weighted by Gasteiger charge is 2.23. The van der Waals surface area contributed by atoms with Gasteiger partial charge in [-0.1, -0.05) is 17.4 Å². The van der Waals surface area contributed by atoms with Gasteiger partial charge in [-0.3, -0.25) is 20.2 Å². The van der Waals surface area contributed by atoms with Crippen LogP contribution in [0, 0.1) is 24.0 Å². The van der Waals surface area contributed by atoms with Crippen molar-refractivity contribution < 1.29 is 14.5 Å². The highest BCUT2D eigenvalue weighted by Crippen LogP contribution is 2.32. The third kappa shape index (κ3) is 3.92. The second-order valence-electron chi connectivity index (χ2n) is 6.96. The zero-order valence-electron chi connectivity index (χ0n) is 16.1. The van der Waals surface area contributed by atoms with E-state index in [1.165, 1.54) is 17.4 Å². The lowest BCUT2D eigenvalue weighted by Gasteiger charge is -2.28. The molecule has 1 aliphatic heterocycles. The summed E-state index contributed by atoms with van der Waals surface area (Å²) in [4.78, 5) is 30.2. The lowest BCUT2D eigenvalue weighted by molar-refractivity contribution is -0.384. The topological polar surface area (TPSA) is 97.6 Å². The number of morpholine rings is 1. The largest absolute Gasteiger partial charge is 0.378 e. The van der Waals surface area contributed by atoms with E-state index in [1.54, 1.807) is 12.1 Å². The Morgan fingerprint density at radius 3 is 2.72 bits per heavy atom. The zero-order chi connectivity index (χ0) is 20.5. The number of amides is 1. The first-order valence-electron chi connectivity index (χ1n) is 9.22. The van der Waals surface area contributed by atoms with Crippen LogP contribution in [-0.2, 0) is 4.74 Å². The Kier molecular flexibility index (Phi) is 5.16. The number of fused-ring (bicyclic) bond motifs is 1. The number of hydrogen-bond acceptors (Lipinski definition) is 7. The maximum absolute atomic E-state index is 12.7. The predicted octanol–water partition coefficient (Wildman–Crippen LogP) is 3.91. The van der Waals surface area contributed by atoms with Crippen LogP contribution in [0.1, 0.15) is 21.5 Å². The summed E-state index contributed by atoms with van der Waals surface area (Å²) < 4.78 is 6.30. The van der Waals surface area contributed by atoms with Crippen LogP contribution >= 0.6 is 11.3 Å². The van der Waals surface area contributed by atoms with Gasteiger partial charge in [-0.15, -0.1) is 0 Å². The fraction of sp³-hybridized carbons (Fsp3) is 0.300. The molecule has 1 amide bonds. The average Bonchev–Trinajstić information content (AvgIpc) is 3.10. The molecule has 2 heterocycles. The van der Waals surface area contributed by atoms with Gasteiger partial charge in [-0.25, -0.2) is 4.98 Å². The summed E-state index contributed by atoms with van der Waals surface area (Å²) in [5.74, 6) is -0.421. The Labute approximate surface area is 171 Å². The molecular formula is C20H20N4O4S. The van der Waals surface area contributed by atoms with Gasteiger partial charge in [0, 0.05) is 24.7 Å². The number of carbonyl (C=O) groups is 1. The van der Waals surface area contributed by atoms with E-state index in [1.807, 2.05) is 30.9 Å². The van der Waals surface area contributed by atoms with Gasteiger partial charge >= 0.3 is 0 Å². The van der Waals surface area contributed by atoms with Crippen molar-refractivity contribution in [2.45, 2.75) is 13.8 Å². The molecule has 4 rings (SSSR count). The van der Waals surface area contributed by atoms with Crippen molar-refractivity contribution in [3.05, 3.63) is 57.1 Å². The van der Waals surface area contributed by atoms with Gasteiger partial charge in [-0.05, 0) is 43.2 Å². The normalized spacial score (nSPS) is 14.2. The maximum atomic E-state index is 12.7. The van der Waals surface area contributed by atoms with Crippen LogP contribution in [0.4, 0.5) is 16.5 Å². The van der Waals surface area contributed by atoms with Crippen LogP contribution in [0.2, 0.25) is 0 Å². The lowest BCUT2D eigenvalue weighted by atomic mass is 10.1. The number of nitro groups is 1. The Bertz CT molecular complexity index is 1110. The maximum Gasteiger partial charge on any atom is 0.293 e. The van der Waals surface area contributed by atoms with Gasteiger partial charge in [0.25, 0.3) is 11.6 Å². The molecule has 0 aliphatic carbocycles. The first-order chi connectivity index (χ1) is 13.9. The van der Waals surface area contributed by atoms with Gasteiger partial charge in [0.1, 0.15) is 5.69 Å². The SMILES string of the molecule is Cc1cc(C)c2nc(NC(=O)c3ccc(N4CCOCC4)c([N+](=O)[O-])c3)sc2c1. The number of hydrogen-bond donors (Lipinski definition) is 1. The van der Waals surface area contributed by atoms with E-state index in [9.17, 15) is 14.9 Å². The average molecular weight is 412 g/mol. The van der Waals surface area contributed by atoms with Crippen molar-refractivity contribution in [3.63, 3.8) is 0 Å². The lowest BCUT2D eigenvalue weighted by Crippen LogP contribution is -2.36. The molecule has 0 radical (unpaired) electrons. The molecule has 0 spiro atoms. The minimum atomic E-state index is -0.453. The second-order valence-corrected chi connectivity index (χ2v) is 7.99. The first-order valence-corrected chi connectivity index (χ1v) is 10.0. The van der Waals surface area contributed by atoms with Crippen LogP contribution in [0.3, 0.4) is 0 Å². The highest BCUT2D eigenvalue weighted by atomic mass is 32.1. The molecule has 1 N–H and O–H groups in total. The van der Waals surface area contributed by atoms with Crippen LogP contribution in [0.25, 0.3) is 10.2 Å². The molecule has 0 unspecified atom stereocenters. The molecule has 1 saturated heterocycles. The molecule has 0 atom stereocenters. The summed E-state index contributed by atoms with van der Waals surface area (Å²) in [5, 5.41) is 14.8. The van der Waals surface area contributed by atoms with Crippen LogP contribution in [-0.4, -0.2) is 42.1 Å². The van der Waals surface area contributed by atoms with E-state index < -0.39 is 10.8 Å². The molecular weight excluding hydrogens is 392 g/mol. The summed E-state index contributed by atoms with van der Waals surface area (Å²) in [6.45, 7) is 6.20. The molecule has 9 heteroatoms. The number of nitrogens with zero attached hydrogens (tertiary/aromatic N) is 3. The van der Waals surface area contributed by atoms with Gasteiger partial charge in [0.05, 0.1) is 28.4 Å². The summed E-state index contributed by atoms with van der Waals surface area (Å²) in [6, 6.07) is 8.63.